The molecule has 1 aromatic rings. The largest absolute Gasteiger partial charge is 0.481 e. The Hall–Kier alpha value is -1.32. The third-order valence-electron chi connectivity index (χ3n) is 3.09. The molecule has 0 fully saturated rings. The van der Waals surface area contributed by atoms with Crippen LogP contribution in [-0.4, -0.2) is 21.3 Å². The molecular formula is C11H16N2O2. The van der Waals surface area contributed by atoms with Crippen LogP contribution in [0.1, 0.15) is 43.1 Å². The zero-order valence-corrected chi connectivity index (χ0v) is 9.08. The van der Waals surface area contributed by atoms with Gasteiger partial charge in [-0.25, -0.2) is 0 Å². The van der Waals surface area contributed by atoms with Crippen molar-refractivity contribution in [2.24, 2.45) is 5.92 Å². The van der Waals surface area contributed by atoms with E-state index in [0.29, 0.717) is 18.8 Å². The van der Waals surface area contributed by atoms with Crippen LogP contribution in [0.4, 0.5) is 0 Å². The predicted molar refractivity (Wildman–Crippen MR) is 55.8 cm³/mol. The summed E-state index contributed by atoms with van der Waals surface area (Å²) in [7, 11) is 0. The molecule has 0 bridgehead atoms. The molecule has 2 rings (SSSR count). The van der Waals surface area contributed by atoms with Crippen molar-refractivity contribution in [2.75, 3.05) is 0 Å². The van der Waals surface area contributed by atoms with Crippen LogP contribution in [0.3, 0.4) is 0 Å². The van der Waals surface area contributed by atoms with Gasteiger partial charge in [0.2, 0.25) is 0 Å². The van der Waals surface area contributed by atoms with Gasteiger partial charge in [0, 0.05) is 5.69 Å². The summed E-state index contributed by atoms with van der Waals surface area (Å²) in [5.74, 6) is -0.530. The molecule has 0 spiro atoms. The lowest BCUT2D eigenvalue weighted by Gasteiger charge is -2.19. The molecule has 1 aliphatic rings. The monoisotopic (exact) mass is 208 g/mol. The minimum atomic E-state index is -0.684. The van der Waals surface area contributed by atoms with Gasteiger partial charge in [0.25, 0.3) is 0 Å². The molecule has 82 valence electrons. The SMILES string of the molecule is CC(C)c1[nH]nc2c1CC(C(=O)O)CC2. The lowest BCUT2D eigenvalue weighted by atomic mass is 9.85. The van der Waals surface area contributed by atoms with Crippen molar-refractivity contribution in [3.63, 3.8) is 0 Å². The average Bonchev–Trinajstić information content (AvgIpc) is 2.59. The highest BCUT2D eigenvalue weighted by molar-refractivity contribution is 5.71. The maximum absolute atomic E-state index is 10.9. The van der Waals surface area contributed by atoms with E-state index >= 15 is 0 Å². The van der Waals surface area contributed by atoms with Crippen molar-refractivity contribution in [3.8, 4) is 0 Å². The van der Waals surface area contributed by atoms with E-state index in [9.17, 15) is 4.79 Å². The number of aryl methyl sites for hydroxylation is 1. The number of aliphatic carboxylic acids is 1. The zero-order valence-electron chi connectivity index (χ0n) is 9.08. The molecule has 0 saturated heterocycles. The molecule has 1 atom stereocenters. The minimum Gasteiger partial charge on any atom is -0.481 e. The Morgan fingerprint density at radius 1 is 1.60 bits per heavy atom. The molecule has 1 aromatic heterocycles. The van der Waals surface area contributed by atoms with Crippen LogP contribution < -0.4 is 0 Å². The Morgan fingerprint density at radius 2 is 2.33 bits per heavy atom. The van der Waals surface area contributed by atoms with Crippen molar-refractivity contribution in [3.05, 3.63) is 17.0 Å². The summed E-state index contributed by atoms with van der Waals surface area (Å²) in [5, 5.41) is 16.3. The highest BCUT2D eigenvalue weighted by Gasteiger charge is 2.28. The first-order valence-electron chi connectivity index (χ1n) is 5.38. The first kappa shape index (κ1) is 10.2. The highest BCUT2D eigenvalue weighted by Crippen LogP contribution is 2.29. The molecule has 1 unspecified atom stereocenters. The maximum atomic E-state index is 10.9. The Morgan fingerprint density at radius 3 is 2.93 bits per heavy atom. The summed E-state index contributed by atoms with van der Waals surface area (Å²) in [5.41, 5.74) is 3.32. The van der Waals surface area contributed by atoms with Gasteiger partial charge in [-0.15, -0.1) is 0 Å². The molecule has 0 aromatic carbocycles. The fraction of sp³-hybridized carbons (Fsp3) is 0.636. The minimum absolute atomic E-state index is 0.229. The second-order valence-electron chi connectivity index (χ2n) is 4.50. The van der Waals surface area contributed by atoms with E-state index in [4.69, 9.17) is 5.11 Å². The van der Waals surface area contributed by atoms with Gasteiger partial charge in [0.15, 0.2) is 0 Å². The Bertz CT molecular complexity index is 382. The van der Waals surface area contributed by atoms with Gasteiger partial charge in [0.1, 0.15) is 0 Å². The number of carboxylic acids is 1. The molecule has 2 N–H and O–H groups in total. The lowest BCUT2D eigenvalue weighted by Crippen LogP contribution is -2.22. The van der Waals surface area contributed by atoms with E-state index in [2.05, 4.69) is 24.0 Å². The summed E-state index contributed by atoms with van der Waals surface area (Å²) >= 11 is 0. The van der Waals surface area contributed by atoms with Gasteiger partial charge in [-0.3, -0.25) is 9.89 Å². The van der Waals surface area contributed by atoms with Crippen LogP contribution in [0, 0.1) is 5.92 Å². The first-order chi connectivity index (χ1) is 7.09. The summed E-state index contributed by atoms with van der Waals surface area (Å²) < 4.78 is 0. The smallest absolute Gasteiger partial charge is 0.306 e. The number of nitrogens with zero attached hydrogens (tertiary/aromatic N) is 1. The third-order valence-corrected chi connectivity index (χ3v) is 3.09. The van der Waals surface area contributed by atoms with Crippen molar-refractivity contribution in [1.82, 2.24) is 10.2 Å². The molecule has 0 saturated carbocycles. The number of hydrogen-bond acceptors (Lipinski definition) is 2. The average molecular weight is 208 g/mol. The Kier molecular flexibility index (Phi) is 2.50. The number of aromatic nitrogens is 2. The van der Waals surface area contributed by atoms with Crippen LogP contribution in [0.2, 0.25) is 0 Å². The zero-order chi connectivity index (χ0) is 11.0. The summed E-state index contributed by atoms with van der Waals surface area (Å²) in [6, 6.07) is 0. The van der Waals surface area contributed by atoms with Crippen LogP contribution in [0.5, 0.6) is 0 Å². The van der Waals surface area contributed by atoms with Gasteiger partial charge in [-0.05, 0) is 30.7 Å². The molecule has 0 aliphatic heterocycles. The molecule has 15 heavy (non-hydrogen) atoms. The fourth-order valence-electron chi connectivity index (χ4n) is 2.20. The van der Waals surface area contributed by atoms with E-state index in [0.717, 1.165) is 23.4 Å². The van der Waals surface area contributed by atoms with E-state index in [1.165, 1.54) is 0 Å². The second kappa shape index (κ2) is 3.68. The Balaban J connectivity index is 2.30. The lowest BCUT2D eigenvalue weighted by molar-refractivity contribution is -0.142. The Labute approximate surface area is 88.7 Å². The van der Waals surface area contributed by atoms with Gasteiger partial charge >= 0.3 is 5.97 Å². The predicted octanol–water partition coefficient (Wildman–Crippen LogP) is 1.72. The summed E-state index contributed by atoms with van der Waals surface area (Å²) in [6.07, 6.45) is 2.13. The van der Waals surface area contributed by atoms with Crippen molar-refractivity contribution < 1.29 is 9.90 Å². The van der Waals surface area contributed by atoms with Gasteiger partial charge in [-0.1, -0.05) is 13.8 Å². The molecule has 4 nitrogen and oxygen atoms in total. The first-order valence-corrected chi connectivity index (χ1v) is 5.38. The molecule has 4 heteroatoms. The number of nitrogens with one attached hydrogen (secondary N) is 1. The van der Waals surface area contributed by atoms with Crippen LogP contribution >= 0.6 is 0 Å². The topological polar surface area (TPSA) is 66.0 Å². The van der Waals surface area contributed by atoms with Crippen LogP contribution in [-0.2, 0) is 17.6 Å². The van der Waals surface area contributed by atoms with E-state index < -0.39 is 5.97 Å². The number of rotatable bonds is 2. The highest BCUT2D eigenvalue weighted by atomic mass is 16.4. The second-order valence-corrected chi connectivity index (χ2v) is 4.50. The number of hydrogen-bond donors (Lipinski definition) is 2. The van der Waals surface area contributed by atoms with Gasteiger partial charge in [0.05, 0.1) is 11.6 Å². The number of carbonyl (C=O) groups is 1. The number of fused-ring (bicyclic) bond motifs is 1. The number of carboxylic acid groups (broad SMARTS) is 1. The molecule has 1 aliphatic carbocycles. The van der Waals surface area contributed by atoms with Gasteiger partial charge < -0.3 is 5.11 Å². The van der Waals surface area contributed by atoms with Crippen molar-refractivity contribution in [1.29, 1.82) is 0 Å². The third kappa shape index (κ3) is 1.76. The van der Waals surface area contributed by atoms with Crippen molar-refractivity contribution >= 4 is 5.97 Å². The number of H-pyrrole nitrogens is 1. The fourth-order valence-corrected chi connectivity index (χ4v) is 2.20. The summed E-state index contributed by atoms with van der Waals surface area (Å²) in [6.45, 7) is 4.19. The molecular weight excluding hydrogens is 192 g/mol. The molecule has 1 heterocycles. The summed E-state index contributed by atoms with van der Waals surface area (Å²) in [4.78, 5) is 10.9. The van der Waals surface area contributed by atoms with E-state index in [1.807, 2.05) is 0 Å². The maximum Gasteiger partial charge on any atom is 0.306 e. The van der Waals surface area contributed by atoms with Crippen molar-refractivity contribution in [2.45, 2.75) is 39.0 Å². The number of aromatic amines is 1. The van der Waals surface area contributed by atoms with E-state index in [-0.39, 0.29) is 5.92 Å². The van der Waals surface area contributed by atoms with Gasteiger partial charge in [-0.2, -0.15) is 5.10 Å². The molecule has 0 radical (unpaired) electrons. The standard InChI is InChI=1S/C11H16N2O2/c1-6(2)10-8-5-7(11(14)15)3-4-9(8)12-13-10/h6-7H,3-5H2,1-2H3,(H,12,13)(H,14,15). The quantitative estimate of drug-likeness (QED) is 0.777. The normalized spacial score (nSPS) is 20.3. The van der Waals surface area contributed by atoms with Crippen LogP contribution in [0.15, 0.2) is 0 Å². The van der Waals surface area contributed by atoms with Crippen LogP contribution in [0.25, 0.3) is 0 Å². The van der Waals surface area contributed by atoms with E-state index in [1.54, 1.807) is 0 Å². The molecule has 0 amide bonds.